The first-order valence-electron chi connectivity index (χ1n) is 8.77. The molecule has 5 saturated carbocycles. The molecule has 110 valence electrons. The molecule has 0 aromatic rings. The van der Waals surface area contributed by atoms with Gasteiger partial charge in [-0.15, -0.1) is 0 Å². The predicted octanol–water partition coefficient (Wildman–Crippen LogP) is 3.32. The summed E-state index contributed by atoms with van der Waals surface area (Å²) in [6.07, 6.45) is 10.2. The lowest BCUT2D eigenvalue weighted by molar-refractivity contribution is -0.165. The van der Waals surface area contributed by atoms with E-state index in [0.717, 1.165) is 38.0 Å². The van der Waals surface area contributed by atoms with Gasteiger partial charge in [0, 0.05) is 17.3 Å². The van der Waals surface area contributed by atoms with Crippen LogP contribution in [0.4, 0.5) is 0 Å². The molecule has 5 aliphatic carbocycles. The van der Waals surface area contributed by atoms with E-state index in [1.807, 2.05) is 0 Å². The molecule has 2 heteroatoms. The van der Waals surface area contributed by atoms with Gasteiger partial charge in [-0.1, -0.05) is 6.92 Å². The Balaban J connectivity index is 1.54. The summed E-state index contributed by atoms with van der Waals surface area (Å²) in [6.45, 7) is 2.23. The first kappa shape index (κ1) is 12.2. The zero-order valence-electron chi connectivity index (χ0n) is 12.5. The first-order chi connectivity index (χ1) is 9.51. The van der Waals surface area contributed by atoms with Crippen LogP contribution < -0.4 is 0 Å². The summed E-state index contributed by atoms with van der Waals surface area (Å²) in [6, 6.07) is 0. The molecule has 0 heterocycles. The molecule has 0 aromatic heterocycles. The lowest BCUT2D eigenvalue weighted by atomic mass is 9.50. The third kappa shape index (κ3) is 1.10. The van der Waals surface area contributed by atoms with Gasteiger partial charge in [0.15, 0.2) is 0 Å². The first-order valence-corrected chi connectivity index (χ1v) is 8.77. The van der Waals surface area contributed by atoms with Gasteiger partial charge in [0.05, 0.1) is 5.60 Å². The summed E-state index contributed by atoms with van der Waals surface area (Å²) in [4.78, 5) is 12.3. The molecule has 0 aliphatic heterocycles. The van der Waals surface area contributed by atoms with Crippen LogP contribution in [0.1, 0.15) is 64.7 Å². The molecular weight excluding hydrogens is 248 g/mol. The summed E-state index contributed by atoms with van der Waals surface area (Å²) in [7, 11) is 0. The Morgan fingerprint density at radius 3 is 2.70 bits per heavy atom. The summed E-state index contributed by atoms with van der Waals surface area (Å²) in [5.74, 6) is 3.08. The van der Waals surface area contributed by atoms with Crippen molar-refractivity contribution in [3.05, 3.63) is 0 Å². The van der Waals surface area contributed by atoms with Gasteiger partial charge in [-0.3, -0.25) is 4.79 Å². The maximum atomic E-state index is 12.3. The molecule has 5 fully saturated rings. The number of hydrogen-bond donors (Lipinski definition) is 1. The van der Waals surface area contributed by atoms with Crippen LogP contribution in [-0.4, -0.2) is 16.5 Å². The SMILES string of the molecule is C[C@]12CC[C@@H]3[C@H](CC[C@]45C[C@@H]4CC[C@]35O)[C@H]1CCC2=O. The van der Waals surface area contributed by atoms with Gasteiger partial charge in [0.1, 0.15) is 5.78 Å². The quantitative estimate of drug-likeness (QED) is 0.735. The fourth-order valence-electron chi connectivity index (χ4n) is 7.49. The summed E-state index contributed by atoms with van der Waals surface area (Å²) in [5.41, 5.74) is -0.0678. The summed E-state index contributed by atoms with van der Waals surface area (Å²) < 4.78 is 0. The zero-order valence-corrected chi connectivity index (χ0v) is 12.5. The van der Waals surface area contributed by atoms with E-state index in [-0.39, 0.29) is 11.0 Å². The van der Waals surface area contributed by atoms with Crippen LogP contribution in [0.3, 0.4) is 0 Å². The third-order valence-electron chi connectivity index (χ3n) is 8.65. The minimum absolute atomic E-state index is 0.0381. The molecule has 0 amide bonds. The van der Waals surface area contributed by atoms with Crippen LogP contribution >= 0.6 is 0 Å². The fraction of sp³-hybridized carbons (Fsp3) is 0.944. The van der Waals surface area contributed by atoms with Crippen molar-refractivity contribution < 1.29 is 9.90 Å². The van der Waals surface area contributed by atoms with Crippen molar-refractivity contribution in [3.8, 4) is 0 Å². The predicted molar refractivity (Wildman–Crippen MR) is 76.0 cm³/mol. The molecule has 7 atom stereocenters. The Bertz CT molecular complexity index is 500. The molecule has 0 unspecified atom stereocenters. The molecule has 2 nitrogen and oxygen atoms in total. The summed E-state index contributed by atoms with van der Waals surface area (Å²) >= 11 is 0. The number of carbonyl (C=O) groups excluding carboxylic acids is 1. The van der Waals surface area contributed by atoms with Gasteiger partial charge in [-0.25, -0.2) is 0 Å². The van der Waals surface area contributed by atoms with Crippen molar-refractivity contribution in [2.75, 3.05) is 0 Å². The van der Waals surface area contributed by atoms with Crippen LogP contribution in [0.25, 0.3) is 0 Å². The number of fused-ring (bicyclic) bond motifs is 4. The molecular formula is C18H26O2. The van der Waals surface area contributed by atoms with Crippen molar-refractivity contribution in [3.63, 3.8) is 0 Å². The second-order valence-electron chi connectivity index (χ2n) is 8.85. The normalized spacial score (nSPS) is 63.4. The van der Waals surface area contributed by atoms with E-state index >= 15 is 0 Å². The number of hydrogen-bond acceptors (Lipinski definition) is 2. The number of Topliss-reactive ketones (excluding diaryl/α,β-unsaturated/α-hetero) is 1. The highest BCUT2D eigenvalue weighted by atomic mass is 16.3. The van der Waals surface area contributed by atoms with E-state index in [2.05, 4.69) is 6.92 Å². The Kier molecular flexibility index (Phi) is 2.04. The molecule has 1 N–H and O–H groups in total. The molecule has 0 aromatic carbocycles. The van der Waals surface area contributed by atoms with E-state index in [4.69, 9.17) is 0 Å². The van der Waals surface area contributed by atoms with Gasteiger partial charge in [-0.05, 0) is 75.0 Å². The minimum Gasteiger partial charge on any atom is -0.389 e. The molecule has 1 spiro atoms. The lowest BCUT2D eigenvalue weighted by Crippen LogP contribution is -2.57. The highest BCUT2D eigenvalue weighted by Crippen LogP contribution is 2.77. The van der Waals surface area contributed by atoms with E-state index in [9.17, 15) is 9.90 Å². The van der Waals surface area contributed by atoms with Gasteiger partial charge >= 0.3 is 0 Å². The van der Waals surface area contributed by atoms with E-state index in [1.54, 1.807) is 0 Å². The average molecular weight is 274 g/mol. The smallest absolute Gasteiger partial charge is 0.139 e. The van der Waals surface area contributed by atoms with Gasteiger partial charge in [0.2, 0.25) is 0 Å². The Hall–Kier alpha value is -0.370. The van der Waals surface area contributed by atoms with Gasteiger partial charge in [0.25, 0.3) is 0 Å². The topological polar surface area (TPSA) is 37.3 Å². The van der Waals surface area contributed by atoms with Crippen molar-refractivity contribution in [1.29, 1.82) is 0 Å². The minimum atomic E-state index is -0.354. The second-order valence-corrected chi connectivity index (χ2v) is 8.85. The van der Waals surface area contributed by atoms with Crippen molar-refractivity contribution >= 4 is 5.78 Å². The number of rotatable bonds is 0. The zero-order chi connectivity index (χ0) is 13.8. The van der Waals surface area contributed by atoms with Crippen molar-refractivity contribution in [1.82, 2.24) is 0 Å². The maximum Gasteiger partial charge on any atom is 0.139 e. The average Bonchev–Trinajstić information content (AvgIpc) is 2.96. The summed E-state index contributed by atoms with van der Waals surface area (Å²) in [5, 5.41) is 11.5. The van der Waals surface area contributed by atoms with Crippen molar-refractivity contribution in [2.24, 2.45) is 34.5 Å². The van der Waals surface area contributed by atoms with Gasteiger partial charge in [-0.2, -0.15) is 0 Å². The van der Waals surface area contributed by atoms with E-state index < -0.39 is 0 Å². The van der Waals surface area contributed by atoms with Crippen molar-refractivity contribution in [2.45, 2.75) is 70.3 Å². The highest BCUT2D eigenvalue weighted by Gasteiger charge is 2.75. The monoisotopic (exact) mass is 274 g/mol. The standard InChI is InChI=1S/C18H26O2/c1-16-7-6-14-12(13(16)2-3-15(16)19)5-8-17-10-11(17)4-9-18(14,17)20/h11-14,20H,2-10H2,1H3/t11-,12+,13+,14+,16-,17-,18-/m0/s1. The molecule has 5 rings (SSSR count). The molecule has 0 radical (unpaired) electrons. The molecule has 20 heavy (non-hydrogen) atoms. The van der Waals surface area contributed by atoms with Crippen LogP contribution in [0.5, 0.6) is 0 Å². The molecule has 5 aliphatic rings. The van der Waals surface area contributed by atoms with Crippen LogP contribution in [0.15, 0.2) is 0 Å². The number of ketones is 1. The highest BCUT2D eigenvalue weighted by molar-refractivity contribution is 5.87. The third-order valence-corrected chi connectivity index (χ3v) is 8.65. The van der Waals surface area contributed by atoms with Gasteiger partial charge < -0.3 is 5.11 Å². The Labute approximate surface area is 121 Å². The van der Waals surface area contributed by atoms with E-state index in [1.165, 1.54) is 25.7 Å². The number of carbonyl (C=O) groups is 1. The Morgan fingerprint density at radius 1 is 1.05 bits per heavy atom. The maximum absolute atomic E-state index is 12.3. The van der Waals surface area contributed by atoms with Crippen LogP contribution in [-0.2, 0) is 4.79 Å². The Morgan fingerprint density at radius 2 is 1.90 bits per heavy atom. The fourth-order valence-corrected chi connectivity index (χ4v) is 7.49. The largest absolute Gasteiger partial charge is 0.389 e. The molecule has 0 saturated heterocycles. The van der Waals surface area contributed by atoms with Crippen LogP contribution in [0, 0.1) is 34.5 Å². The lowest BCUT2D eigenvalue weighted by Gasteiger charge is -2.56. The second kappa shape index (κ2) is 3.34. The molecule has 0 bridgehead atoms. The van der Waals surface area contributed by atoms with Crippen LogP contribution in [0.2, 0.25) is 0 Å². The number of aliphatic hydroxyl groups is 1. The van der Waals surface area contributed by atoms with E-state index in [0.29, 0.717) is 29.0 Å².